The Kier molecular flexibility index (Phi) is 2.33. The van der Waals surface area contributed by atoms with Crippen molar-refractivity contribution in [2.45, 2.75) is 12.5 Å². The number of epoxide rings is 1. The highest BCUT2D eigenvalue weighted by Gasteiger charge is 2.40. The van der Waals surface area contributed by atoms with Crippen LogP contribution in [0.1, 0.15) is 6.92 Å². The quantitative estimate of drug-likeness (QED) is 0.685. The van der Waals surface area contributed by atoms with Crippen LogP contribution >= 0.6 is 0 Å². The molecule has 0 saturated carbocycles. The minimum absolute atomic E-state index is 0.0664. The van der Waals surface area contributed by atoms with Gasteiger partial charge in [-0.05, 0) is 19.1 Å². The summed E-state index contributed by atoms with van der Waals surface area (Å²) in [5.41, 5.74) is -0.0664. The maximum Gasteiger partial charge on any atom is 0.123 e. The number of hydrogen-bond donors (Lipinski definition) is 0. The van der Waals surface area contributed by atoms with Crippen LogP contribution in [0, 0.1) is 0 Å². The van der Waals surface area contributed by atoms with Crippen LogP contribution in [-0.2, 0) is 4.74 Å². The Hall–Kier alpha value is -1.22. The van der Waals surface area contributed by atoms with Crippen LogP contribution in [0.25, 0.3) is 0 Å². The first-order valence-corrected chi connectivity index (χ1v) is 4.63. The summed E-state index contributed by atoms with van der Waals surface area (Å²) < 4.78 is 15.9. The van der Waals surface area contributed by atoms with Gasteiger partial charge in [0.15, 0.2) is 0 Å². The van der Waals surface area contributed by atoms with Crippen LogP contribution in [0.2, 0.25) is 0 Å². The van der Waals surface area contributed by atoms with Crippen molar-refractivity contribution in [1.29, 1.82) is 0 Å². The first-order valence-electron chi connectivity index (χ1n) is 4.63. The molecular weight excluding hydrogens is 180 g/mol. The van der Waals surface area contributed by atoms with E-state index in [0.29, 0.717) is 6.61 Å². The van der Waals surface area contributed by atoms with E-state index >= 15 is 0 Å². The van der Waals surface area contributed by atoms with Gasteiger partial charge in [0.25, 0.3) is 0 Å². The van der Waals surface area contributed by atoms with Gasteiger partial charge < -0.3 is 14.2 Å². The topological polar surface area (TPSA) is 31.0 Å². The Bertz CT molecular complexity index is 318. The van der Waals surface area contributed by atoms with E-state index in [2.05, 4.69) is 0 Å². The zero-order chi connectivity index (χ0) is 10.0. The fourth-order valence-electron chi connectivity index (χ4n) is 1.13. The highest BCUT2D eigenvalue weighted by Crippen LogP contribution is 2.27. The lowest BCUT2D eigenvalue weighted by atomic mass is 10.2. The van der Waals surface area contributed by atoms with E-state index in [9.17, 15) is 0 Å². The van der Waals surface area contributed by atoms with Crippen LogP contribution in [0.3, 0.4) is 0 Å². The number of rotatable bonds is 4. The van der Waals surface area contributed by atoms with Gasteiger partial charge in [0, 0.05) is 6.07 Å². The van der Waals surface area contributed by atoms with Crippen molar-refractivity contribution in [1.82, 2.24) is 0 Å². The molecule has 1 heterocycles. The van der Waals surface area contributed by atoms with Crippen molar-refractivity contribution in [3.8, 4) is 11.5 Å². The Morgan fingerprint density at radius 2 is 2.14 bits per heavy atom. The monoisotopic (exact) mass is 194 g/mol. The van der Waals surface area contributed by atoms with Crippen LogP contribution in [-0.4, -0.2) is 25.9 Å². The maximum absolute atomic E-state index is 5.57. The SMILES string of the molecule is COc1cccc(OCC2(C)CO2)c1. The second-order valence-electron chi connectivity index (χ2n) is 3.71. The molecule has 3 nitrogen and oxygen atoms in total. The fraction of sp³-hybridized carbons (Fsp3) is 0.455. The molecule has 0 amide bonds. The zero-order valence-corrected chi connectivity index (χ0v) is 8.45. The Morgan fingerprint density at radius 1 is 1.43 bits per heavy atom. The van der Waals surface area contributed by atoms with Gasteiger partial charge in [-0.25, -0.2) is 0 Å². The molecule has 1 saturated heterocycles. The molecule has 1 unspecified atom stereocenters. The van der Waals surface area contributed by atoms with Crippen LogP contribution in [0.15, 0.2) is 24.3 Å². The van der Waals surface area contributed by atoms with E-state index in [4.69, 9.17) is 14.2 Å². The normalized spacial score (nSPS) is 24.4. The second kappa shape index (κ2) is 3.50. The molecule has 1 aliphatic rings. The van der Waals surface area contributed by atoms with Crippen molar-refractivity contribution in [2.75, 3.05) is 20.3 Å². The molecule has 0 spiro atoms. The van der Waals surface area contributed by atoms with E-state index in [1.165, 1.54) is 0 Å². The lowest BCUT2D eigenvalue weighted by Crippen LogP contribution is -2.16. The number of methoxy groups -OCH3 is 1. The molecule has 1 fully saturated rings. The molecule has 14 heavy (non-hydrogen) atoms. The summed E-state index contributed by atoms with van der Waals surface area (Å²) in [6.07, 6.45) is 0. The van der Waals surface area contributed by atoms with Gasteiger partial charge in [0.05, 0.1) is 13.7 Å². The third-order valence-electron chi connectivity index (χ3n) is 2.22. The Morgan fingerprint density at radius 3 is 2.79 bits per heavy atom. The standard InChI is InChI=1S/C11H14O3/c1-11(8-14-11)7-13-10-5-3-4-9(6-10)12-2/h3-6H,7-8H2,1-2H3. The third-order valence-corrected chi connectivity index (χ3v) is 2.22. The van der Waals surface area contributed by atoms with Crippen molar-refractivity contribution in [3.63, 3.8) is 0 Å². The molecule has 2 rings (SSSR count). The van der Waals surface area contributed by atoms with Gasteiger partial charge >= 0.3 is 0 Å². The van der Waals surface area contributed by atoms with Crippen LogP contribution < -0.4 is 9.47 Å². The first-order chi connectivity index (χ1) is 6.72. The van der Waals surface area contributed by atoms with Gasteiger partial charge in [-0.2, -0.15) is 0 Å². The van der Waals surface area contributed by atoms with E-state index in [1.807, 2.05) is 31.2 Å². The van der Waals surface area contributed by atoms with E-state index in [0.717, 1.165) is 18.1 Å². The predicted octanol–water partition coefficient (Wildman–Crippen LogP) is 1.86. The summed E-state index contributed by atoms with van der Waals surface area (Å²) >= 11 is 0. The average Bonchev–Trinajstić information content (AvgIpc) is 2.95. The molecule has 0 bridgehead atoms. The summed E-state index contributed by atoms with van der Waals surface area (Å²) in [4.78, 5) is 0. The highest BCUT2D eigenvalue weighted by atomic mass is 16.6. The molecule has 0 radical (unpaired) electrons. The predicted molar refractivity (Wildman–Crippen MR) is 52.8 cm³/mol. The minimum atomic E-state index is -0.0664. The van der Waals surface area contributed by atoms with Gasteiger partial charge in [-0.3, -0.25) is 0 Å². The molecule has 1 atom stereocenters. The summed E-state index contributed by atoms with van der Waals surface area (Å²) in [6, 6.07) is 7.58. The largest absolute Gasteiger partial charge is 0.497 e. The molecule has 0 aliphatic carbocycles. The van der Waals surface area contributed by atoms with Gasteiger partial charge in [0.2, 0.25) is 0 Å². The maximum atomic E-state index is 5.57. The fourth-order valence-corrected chi connectivity index (χ4v) is 1.13. The van der Waals surface area contributed by atoms with E-state index in [-0.39, 0.29) is 5.60 Å². The smallest absolute Gasteiger partial charge is 0.123 e. The average molecular weight is 194 g/mol. The van der Waals surface area contributed by atoms with Crippen LogP contribution in [0.4, 0.5) is 0 Å². The van der Waals surface area contributed by atoms with Crippen molar-refractivity contribution >= 4 is 0 Å². The summed E-state index contributed by atoms with van der Waals surface area (Å²) in [5.74, 6) is 1.63. The Balaban J connectivity index is 1.94. The first kappa shape index (κ1) is 9.34. The van der Waals surface area contributed by atoms with Crippen molar-refractivity contribution in [3.05, 3.63) is 24.3 Å². The molecule has 3 heteroatoms. The van der Waals surface area contributed by atoms with E-state index in [1.54, 1.807) is 7.11 Å². The number of hydrogen-bond acceptors (Lipinski definition) is 3. The van der Waals surface area contributed by atoms with Gasteiger partial charge in [0.1, 0.15) is 23.7 Å². The Labute approximate surface area is 83.6 Å². The van der Waals surface area contributed by atoms with Crippen molar-refractivity contribution in [2.24, 2.45) is 0 Å². The van der Waals surface area contributed by atoms with Gasteiger partial charge in [-0.15, -0.1) is 0 Å². The molecule has 1 aromatic rings. The summed E-state index contributed by atoms with van der Waals surface area (Å²) in [7, 11) is 1.64. The molecule has 1 aliphatic heterocycles. The lowest BCUT2D eigenvalue weighted by molar-refractivity contribution is 0.202. The van der Waals surface area contributed by atoms with E-state index < -0.39 is 0 Å². The minimum Gasteiger partial charge on any atom is -0.497 e. The molecule has 0 N–H and O–H groups in total. The molecule has 76 valence electrons. The van der Waals surface area contributed by atoms with Crippen molar-refractivity contribution < 1.29 is 14.2 Å². The van der Waals surface area contributed by atoms with Gasteiger partial charge in [-0.1, -0.05) is 6.07 Å². The number of benzene rings is 1. The highest BCUT2D eigenvalue weighted by molar-refractivity contribution is 5.32. The summed E-state index contributed by atoms with van der Waals surface area (Å²) in [6.45, 7) is 3.42. The molecular formula is C11H14O3. The van der Waals surface area contributed by atoms with Crippen LogP contribution in [0.5, 0.6) is 11.5 Å². The number of ether oxygens (including phenoxy) is 3. The molecule has 0 aromatic heterocycles. The zero-order valence-electron chi connectivity index (χ0n) is 8.45. The second-order valence-corrected chi connectivity index (χ2v) is 3.71. The third kappa shape index (κ3) is 2.17. The molecule has 1 aromatic carbocycles. The summed E-state index contributed by atoms with van der Waals surface area (Å²) in [5, 5.41) is 0. The lowest BCUT2D eigenvalue weighted by Gasteiger charge is -2.09.